The molecule has 9 heteroatoms. The van der Waals surface area contributed by atoms with Crippen LogP contribution in [0.25, 0.3) is 0 Å². The number of hydrogen-bond donors (Lipinski definition) is 5. The zero-order valence-corrected chi connectivity index (χ0v) is 15.6. The van der Waals surface area contributed by atoms with Crippen molar-refractivity contribution < 1.29 is 19.5 Å². The summed E-state index contributed by atoms with van der Waals surface area (Å²) in [7, 11) is 0. The van der Waals surface area contributed by atoms with Crippen LogP contribution in [0.15, 0.2) is 24.4 Å². The number of hydrogen-bond acceptors (Lipinski definition) is 6. The molecule has 1 unspecified atom stereocenters. The Morgan fingerprint density at radius 1 is 1.19 bits per heavy atom. The molecule has 1 aromatic rings. The number of carbonyl (C=O) groups is 3. The Morgan fingerprint density at radius 2 is 1.96 bits per heavy atom. The molecule has 0 saturated carbocycles. The van der Waals surface area contributed by atoms with Crippen molar-refractivity contribution in [2.45, 2.75) is 51.1 Å². The first-order valence-corrected chi connectivity index (χ1v) is 9.11. The van der Waals surface area contributed by atoms with Crippen LogP contribution in [0, 0.1) is 0 Å². The maximum atomic E-state index is 12.3. The molecule has 0 radical (unpaired) electrons. The van der Waals surface area contributed by atoms with Crippen LogP contribution in [0.1, 0.15) is 39.0 Å². The van der Waals surface area contributed by atoms with Gasteiger partial charge in [0, 0.05) is 19.2 Å². The van der Waals surface area contributed by atoms with Crippen molar-refractivity contribution in [3.63, 3.8) is 0 Å². The number of nitrogens with one attached hydrogen (secondary N) is 3. The van der Waals surface area contributed by atoms with E-state index >= 15 is 0 Å². The van der Waals surface area contributed by atoms with Crippen molar-refractivity contribution in [1.29, 1.82) is 0 Å². The van der Waals surface area contributed by atoms with Crippen LogP contribution in [-0.4, -0.2) is 53.0 Å². The van der Waals surface area contributed by atoms with E-state index in [4.69, 9.17) is 10.8 Å². The zero-order chi connectivity index (χ0) is 20.1. The summed E-state index contributed by atoms with van der Waals surface area (Å²) in [6.07, 6.45) is 4.30. The van der Waals surface area contributed by atoms with Crippen molar-refractivity contribution in [2.75, 3.05) is 18.4 Å². The molecule has 0 saturated heterocycles. The molecule has 2 amide bonds. The molecule has 9 nitrogen and oxygen atoms in total. The number of nitrogens with two attached hydrogens (primary N) is 1. The minimum absolute atomic E-state index is 0.245. The minimum atomic E-state index is -1.13. The van der Waals surface area contributed by atoms with E-state index in [-0.39, 0.29) is 12.3 Å². The van der Waals surface area contributed by atoms with Gasteiger partial charge in [-0.15, -0.1) is 0 Å². The second kappa shape index (κ2) is 12.6. The smallest absolute Gasteiger partial charge is 0.325 e. The highest BCUT2D eigenvalue weighted by atomic mass is 16.4. The lowest BCUT2D eigenvalue weighted by atomic mass is 10.1. The van der Waals surface area contributed by atoms with E-state index in [1.807, 2.05) is 18.2 Å². The van der Waals surface area contributed by atoms with Gasteiger partial charge in [-0.2, -0.15) is 0 Å². The summed E-state index contributed by atoms with van der Waals surface area (Å²) in [5.41, 5.74) is 5.46. The fraction of sp³-hybridized carbons (Fsp3) is 0.556. The van der Waals surface area contributed by atoms with Gasteiger partial charge in [0.2, 0.25) is 11.8 Å². The van der Waals surface area contributed by atoms with Crippen molar-refractivity contribution in [3.05, 3.63) is 24.4 Å². The fourth-order valence-electron chi connectivity index (χ4n) is 2.34. The van der Waals surface area contributed by atoms with E-state index in [1.54, 1.807) is 6.20 Å². The number of aromatic nitrogens is 1. The average Bonchev–Trinajstić information content (AvgIpc) is 2.65. The van der Waals surface area contributed by atoms with Crippen LogP contribution < -0.4 is 21.7 Å². The molecule has 2 atom stereocenters. The van der Waals surface area contributed by atoms with E-state index in [2.05, 4.69) is 20.9 Å². The van der Waals surface area contributed by atoms with E-state index in [1.165, 1.54) is 6.92 Å². The summed E-state index contributed by atoms with van der Waals surface area (Å²) in [6.45, 7) is 2.44. The van der Waals surface area contributed by atoms with Gasteiger partial charge in [0.15, 0.2) is 0 Å². The lowest BCUT2D eigenvalue weighted by molar-refractivity contribution is -0.141. The van der Waals surface area contributed by atoms with Crippen LogP contribution in [0.3, 0.4) is 0 Å². The molecule has 0 fully saturated rings. The number of aliphatic carboxylic acids is 1. The van der Waals surface area contributed by atoms with Crippen molar-refractivity contribution in [1.82, 2.24) is 15.6 Å². The van der Waals surface area contributed by atoms with Gasteiger partial charge in [-0.05, 0) is 51.3 Å². The predicted octanol–water partition coefficient (Wildman–Crippen LogP) is 0.477. The quantitative estimate of drug-likeness (QED) is 0.313. The van der Waals surface area contributed by atoms with E-state index in [0.717, 1.165) is 12.2 Å². The molecule has 0 bridgehead atoms. The number of unbranched alkanes of at least 4 members (excludes halogenated alkanes) is 1. The maximum absolute atomic E-state index is 12.3. The van der Waals surface area contributed by atoms with Crippen LogP contribution in [0.2, 0.25) is 0 Å². The van der Waals surface area contributed by atoms with Crippen LogP contribution in [0.4, 0.5) is 5.82 Å². The Balaban J connectivity index is 2.43. The van der Waals surface area contributed by atoms with Crippen molar-refractivity contribution >= 4 is 23.6 Å². The Morgan fingerprint density at radius 3 is 2.59 bits per heavy atom. The fourth-order valence-corrected chi connectivity index (χ4v) is 2.34. The topological polar surface area (TPSA) is 146 Å². The summed E-state index contributed by atoms with van der Waals surface area (Å²) < 4.78 is 0. The van der Waals surface area contributed by atoms with Crippen LogP contribution in [0.5, 0.6) is 0 Å². The van der Waals surface area contributed by atoms with Crippen LogP contribution >= 0.6 is 0 Å². The third-order valence-electron chi connectivity index (χ3n) is 3.88. The highest BCUT2D eigenvalue weighted by Gasteiger charge is 2.23. The molecule has 0 spiro atoms. The summed E-state index contributed by atoms with van der Waals surface area (Å²) in [4.78, 5) is 39.4. The van der Waals surface area contributed by atoms with Gasteiger partial charge < -0.3 is 26.8 Å². The number of carboxylic acids is 1. The third kappa shape index (κ3) is 9.55. The Bertz CT molecular complexity index is 597. The number of carbonyl (C=O) groups excluding carboxylic acids is 2. The minimum Gasteiger partial charge on any atom is -0.480 e. The average molecular weight is 379 g/mol. The van der Waals surface area contributed by atoms with Crippen molar-refractivity contribution in [2.24, 2.45) is 5.73 Å². The lowest BCUT2D eigenvalue weighted by Gasteiger charge is -2.20. The Hall–Kier alpha value is -2.68. The molecule has 27 heavy (non-hydrogen) atoms. The molecule has 1 rings (SSSR count). The highest BCUT2D eigenvalue weighted by Crippen LogP contribution is 2.04. The van der Waals surface area contributed by atoms with Gasteiger partial charge in [0.05, 0.1) is 0 Å². The first-order chi connectivity index (χ1) is 12.9. The molecule has 0 aliphatic rings. The number of pyridine rings is 1. The summed E-state index contributed by atoms with van der Waals surface area (Å²) in [5.74, 6) is -1.15. The Kier molecular flexibility index (Phi) is 10.5. The molecule has 0 aliphatic carbocycles. The van der Waals surface area contributed by atoms with Gasteiger partial charge >= 0.3 is 5.97 Å². The monoisotopic (exact) mass is 379 g/mol. The first-order valence-electron chi connectivity index (χ1n) is 9.11. The van der Waals surface area contributed by atoms with Gasteiger partial charge in [0.1, 0.15) is 17.9 Å². The molecule has 1 aromatic heterocycles. The molecular formula is C18H29N5O4. The Labute approximate surface area is 159 Å². The lowest BCUT2D eigenvalue weighted by Crippen LogP contribution is -2.50. The number of nitrogens with zero attached hydrogens (tertiary/aromatic N) is 1. The largest absolute Gasteiger partial charge is 0.480 e. The number of rotatable bonds is 13. The van der Waals surface area contributed by atoms with E-state index in [0.29, 0.717) is 32.4 Å². The summed E-state index contributed by atoms with van der Waals surface area (Å²) in [6, 6.07) is 3.73. The van der Waals surface area contributed by atoms with E-state index < -0.39 is 24.0 Å². The molecule has 0 aliphatic heterocycles. The van der Waals surface area contributed by atoms with Gasteiger partial charge in [-0.25, -0.2) is 4.98 Å². The predicted molar refractivity (Wildman–Crippen MR) is 102 cm³/mol. The van der Waals surface area contributed by atoms with Gasteiger partial charge in [-0.1, -0.05) is 6.07 Å². The second-order valence-electron chi connectivity index (χ2n) is 6.22. The zero-order valence-electron chi connectivity index (χ0n) is 15.6. The number of anilines is 1. The number of carboxylic acid groups (broad SMARTS) is 1. The SMILES string of the molecule is CC(NC(=O)[C@@H](CCCCN)NC(=O)CCCNc1ccccn1)C(=O)O. The van der Waals surface area contributed by atoms with Crippen LogP contribution in [-0.2, 0) is 14.4 Å². The highest BCUT2D eigenvalue weighted by molar-refractivity contribution is 5.90. The standard InChI is InChI=1S/C18H29N5O4/c1-13(18(26)27)22-17(25)14(7-2-4-10-19)23-16(24)9-6-12-21-15-8-3-5-11-20-15/h3,5,8,11,13-14H,2,4,6-7,9-10,12,19H2,1H3,(H,20,21)(H,22,25)(H,23,24)(H,26,27)/t13?,14-/m1/s1. The maximum Gasteiger partial charge on any atom is 0.325 e. The molecular weight excluding hydrogens is 350 g/mol. The molecule has 6 N–H and O–H groups in total. The normalized spacial score (nSPS) is 12.7. The number of amides is 2. The molecule has 0 aromatic carbocycles. The van der Waals surface area contributed by atoms with Crippen molar-refractivity contribution in [3.8, 4) is 0 Å². The summed E-state index contributed by atoms with van der Waals surface area (Å²) >= 11 is 0. The third-order valence-corrected chi connectivity index (χ3v) is 3.88. The second-order valence-corrected chi connectivity index (χ2v) is 6.22. The first kappa shape index (κ1) is 22.4. The summed E-state index contributed by atoms with van der Waals surface area (Å²) in [5, 5.41) is 17.1. The van der Waals surface area contributed by atoms with E-state index in [9.17, 15) is 14.4 Å². The molecule has 150 valence electrons. The van der Waals surface area contributed by atoms with Gasteiger partial charge in [-0.3, -0.25) is 14.4 Å². The van der Waals surface area contributed by atoms with Gasteiger partial charge in [0.25, 0.3) is 0 Å². The molecule has 1 heterocycles.